The van der Waals surface area contributed by atoms with Crippen LogP contribution in [0.1, 0.15) is 32.6 Å². The number of rotatable bonds is 9. The maximum Gasteiger partial charge on any atom is 0.305 e. The predicted molar refractivity (Wildman–Crippen MR) is 96.6 cm³/mol. The highest BCUT2D eigenvalue weighted by Crippen LogP contribution is 2.28. The maximum absolute atomic E-state index is 11.8. The number of ether oxygens (including phenoxy) is 4. The first-order chi connectivity index (χ1) is 14.2. The number of esters is 1. The van der Waals surface area contributed by atoms with Crippen molar-refractivity contribution in [1.29, 1.82) is 0 Å². The monoisotopic (exact) mass is 440 g/mol. The summed E-state index contributed by atoms with van der Waals surface area (Å²) >= 11 is 0. The summed E-state index contributed by atoms with van der Waals surface area (Å²) < 4.78 is 20.9. The number of hydrogen-bond acceptors (Lipinski definition) is 12. The molecule has 0 aromatic carbocycles. The molecular weight excluding hydrogens is 408 g/mol. The molecule has 7 N–H and O–H groups in total. The standard InChI is InChI=1S/C18H32O12/c1-2-3-4-5-10(20)27-7-9-12(22)14(24)16(26)18(29-9)30-17-15(25)13(23)11(21)8(6-19)28-17/h8-9,11-19,21-26H,2-7H2,1H3/t8-,9-,11-,12-,13+,14+,15-,16-,17-,18-/m1/s1. The van der Waals surface area contributed by atoms with E-state index in [-0.39, 0.29) is 6.42 Å². The molecule has 0 amide bonds. The zero-order valence-electron chi connectivity index (χ0n) is 16.7. The van der Waals surface area contributed by atoms with Gasteiger partial charge in [-0.1, -0.05) is 19.8 Å². The predicted octanol–water partition coefficient (Wildman–Crippen LogP) is -3.27. The van der Waals surface area contributed by atoms with Gasteiger partial charge in [0.1, 0.15) is 55.4 Å². The Morgan fingerprint density at radius 3 is 1.87 bits per heavy atom. The Labute approximate surface area is 173 Å². The van der Waals surface area contributed by atoms with Crippen LogP contribution in [0.2, 0.25) is 0 Å². The minimum absolute atomic E-state index is 0.187. The van der Waals surface area contributed by atoms with Crippen LogP contribution in [0.3, 0.4) is 0 Å². The fraction of sp³-hybridized carbons (Fsp3) is 0.944. The van der Waals surface area contributed by atoms with E-state index in [0.29, 0.717) is 6.42 Å². The van der Waals surface area contributed by atoms with Crippen LogP contribution in [0.15, 0.2) is 0 Å². The summed E-state index contributed by atoms with van der Waals surface area (Å²) in [5.41, 5.74) is 0. The fourth-order valence-corrected chi connectivity index (χ4v) is 3.25. The summed E-state index contributed by atoms with van der Waals surface area (Å²) in [7, 11) is 0. The van der Waals surface area contributed by atoms with Gasteiger partial charge in [-0.15, -0.1) is 0 Å². The number of carbonyl (C=O) groups is 1. The first-order valence-corrected chi connectivity index (χ1v) is 10.0. The van der Waals surface area contributed by atoms with Crippen LogP contribution >= 0.6 is 0 Å². The summed E-state index contributed by atoms with van der Waals surface area (Å²) in [6.07, 6.45) is -13.3. The van der Waals surface area contributed by atoms with E-state index in [1.807, 2.05) is 6.92 Å². The zero-order valence-corrected chi connectivity index (χ0v) is 16.7. The van der Waals surface area contributed by atoms with E-state index >= 15 is 0 Å². The molecule has 12 nitrogen and oxygen atoms in total. The quantitative estimate of drug-likeness (QED) is 0.140. The maximum atomic E-state index is 11.8. The second-order valence-corrected chi connectivity index (χ2v) is 7.49. The van der Waals surface area contributed by atoms with Crippen LogP contribution in [0.4, 0.5) is 0 Å². The molecule has 2 aliphatic heterocycles. The highest BCUT2D eigenvalue weighted by atomic mass is 16.8. The lowest BCUT2D eigenvalue weighted by Gasteiger charge is -2.44. The van der Waals surface area contributed by atoms with Crippen molar-refractivity contribution in [3.05, 3.63) is 0 Å². The minimum atomic E-state index is -1.76. The van der Waals surface area contributed by atoms with Gasteiger partial charge in [-0.25, -0.2) is 0 Å². The highest BCUT2D eigenvalue weighted by Gasteiger charge is 2.49. The molecule has 0 saturated carbocycles. The molecule has 0 unspecified atom stereocenters. The number of unbranched alkanes of at least 4 members (excludes halogenated alkanes) is 2. The van der Waals surface area contributed by atoms with Gasteiger partial charge in [0.2, 0.25) is 0 Å². The van der Waals surface area contributed by atoms with Crippen molar-refractivity contribution in [2.45, 2.75) is 94.0 Å². The summed E-state index contributed by atoms with van der Waals surface area (Å²) in [5.74, 6) is -0.508. The van der Waals surface area contributed by atoms with Crippen molar-refractivity contribution in [1.82, 2.24) is 0 Å². The van der Waals surface area contributed by atoms with E-state index in [1.54, 1.807) is 0 Å². The van der Waals surface area contributed by atoms with Crippen molar-refractivity contribution in [2.75, 3.05) is 13.2 Å². The Morgan fingerprint density at radius 1 is 0.800 bits per heavy atom. The molecule has 10 atom stereocenters. The Balaban J connectivity index is 1.97. The second kappa shape index (κ2) is 11.6. The van der Waals surface area contributed by atoms with E-state index in [2.05, 4.69) is 0 Å². The highest BCUT2D eigenvalue weighted by molar-refractivity contribution is 5.69. The first-order valence-electron chi connectivity index (χ1n) is 10.0. The minimum Gasteiger partial charge on any atom is -0.463 e. The van der Waals surface area contributed by atoms with E-state index in [4.69, 9.17) is 18.9 Å². The first kappa shape index (κ1) is 25.3. The van der Waals surface area contributed by atoms with Crippen LogP contribution in [0, 0.1) is 0 Å². The molecule has 2 saturated heterocycles. The molecule has 0 aromatic rings. The van der Waals surface area contributed by atoms with Crippen LogP contribution in [-0.2, 0) is 23.7 Å². The average Bonchev–Trinajstić information content (AvgIpc) is 2.73. The fourth-order valence-electron chi connectivity index (χ4n) is 3.25. The SMILES string of the molecule is CCCCCC(=O)OC[C@H]1O[C@H](O[C@H]2O[C@H](CO)[C@@H](O)[C@H](O)[C@H]2O)[C@H](O)[C@@H](O)[C@@H]1O. The Hall–Kier alpha value is -0.930. The molecule has 12 heteroatoms. The van der Waals surface area contributed by atoms with E-state index < -0.39 is 80.6 Å². The normalized spacial score (nSPS) is 42.1. The van der Waals surface area contributed by atoms with E-state index in [0.717, 1.165) is 12.8 Å². The van der Waals surface area contributed by atoms with Crippen LogP contribution in [-0.4, -0.2) is 116 Å². The summed E-state index contributed by atoms with van der Waals surface area (Å²) in [6, 6.07) is 0. The molecule has 176 valence electrons. The Bertz CT molecular complexity index is 531. The van der Waals surface area contributed by atoms with Gasteiger partial charge in [0, 0.05) is 6.42 Å². The molecule has 30 heavy (non-hydrogen) atoms. The van der Waals surface area contributed by atoms with E-state index in [1.165, 1.54) is 0 Å². The van der Waals surface area contributed by atoms with Crippen molar-refractivity contribution in [2.24, 2.45) is 0 Å². The van der Waals surface area contributed by atoms with Gasteiger partial charge in [0.25, 0.3) is 0 Å². The van der Waals surface area contributed by atoms with Crippen LogP contribution in [0.25, 0.3) is 0 Å². The van der Waals surface area contributed by atoms with Gasteiger partial charge in [-0.05, 0) is 6.42 Å². The zero-order chi connectivity index (χ0) is 22.4. The average molecular weight is 440 g/mol. The second-order valence-electron chi connectivity index (χ2n) is 7.49. The lowest BCUT2D eigenvalue weighted by Crippen LogP contribution is -2.63. The van der Waals surface area contributed by atoms with Gasteiger partial charge in [-0.2, -0.15) is 0 Å². The topological polar surface area (TPSA) is 196 Å². The molecule has 0 radical (unpaired) electrons. The third-order valence-corrected chi connectivity index (χ3v) is 5.18. The Morgan fingerprint density at radius 2 is 1.33 bits per heavy atom. The number of aliphatic hydroxyl groups excluding tert-OH is 7. The number of hydrogen-bond donors (Lipinski definition) is 7. The van der Waals surface area contributed by atoms with Gasteiger partial charge in [-0.3, -0.25) is 4.79 Å². The molecule has 0 aliphatic carbocycles. The third kappa shape index (κ3) is 6.07. The van der Waals surface area contributed by atoms with Crippen molar-refractivity contribution in [3.63, 3.8) is 0 Å². The van der Waals surface area contributed by atoms with Crippen molar-refractivity contribution in [3.8, 4) is 0 Å². The third-order valence-electron chi connectivity index (χ3n) is 5.18. The molecule has 0 spiro atoms. The van der Waals surface area contributed by atoms with E-state index in [9.17, 15) is 40.5 Å². The molecule has 2 fully saturated rings. The summed E-state index contributed by atoms with van der Waals surface area (Å²) in [6.45, 7) is 0.890. The van der Waals surface area contributed by atoms with Gasteiger partial charge < -0.3 is 54.7 Å². The van der Waals surface area contributed by atoms with Gasteiger partial charge >= 0.3 is 5.97 Å². The largest absolute Gasteiger partial charge is 0.463 e. The molecule has 2 aliphatic rings. The lowest BCUT2D eigenvalue weighted by atomic mass is 9.98. The molecule has 0 aromatic heterocycles. The van der Waals surface area contributed by atoms with Crippen molar-refractivity contribution >= 4 is 5.97 Å². The lowest BCUT2D eigenvalue weighted by molar-refractivity contribution is -0.376. The molecule has 2 rings (SSSR count). The molecule has 2 heterocycles. The van der Waals surface area contributed by atoms with Gasteiger partial charge in [0.05, 0.1) is 6.61 Å². The Kier molecular flexibility index (Phi) is 9.81. The smallest absolute Gasteiger partial charge is 0.305 e. The molecular formula is C18H32O12. The molecule has 0 bridgehead atoms. The summed E-state index contributed by atoms with van der Waals surface area (Å²) in [4.78, 5) is 11.8. The number of aliphatic hydroxyl groups is 7. The van der Waals surface area contributed by atoms with Crippen molar-refractivity contribution < 1.29 is 59.5 Å². The number of carbonyl (C=O) groups excluding carboxylic acids is 1. The van der Waals surface area contributed by atoms with Crippen LogP contribution < -0.4 is 0 Å². The van der Waals surface area contributed by atoms with Crippen LogP contribution in [0.5, 0.6) is 0 Å². The summed E-state index contributed by atoms with van der Waals surface area (Å²) in [5, 5.41) is 69.2. The van der Waals surface area contributed by atoms with Gasteiger partial charge in [0.15, 0.2) is 12.6 Å².